The molecule has 0 saturated carbocycles. The Kier molecular flexibility index (Phi) is 6.76. The Morgan fingerprint density at radius 1 is 0.944 bits per heavy atom. The molecule has 5 rings (SSSR count). The molecule has 1 spiro atoms. The number of hydrogen-bond donors (Lipinski definition) is 1. The zero-order valence-corrected chi connectivity index (χ0v) is 21.8. The maximum absolute atomic E-state index is 14.2. The van der Waals surface area contributed by atoms with Gasteiger partial charge in [0.1, 0.15) is 6.04 Å². The molecule has 1 aromatic rings. The van der Waals surface area contributed by atoms with Crippen molar-refractivity contribution in [3.05, 3.63) is 54.6 Å². The summed E-state index contributed by atoms with van der Waals surface area (Å²) in [6.07, 6.45) is 10.4. The van der Waals surface area contributed by atoms with Gasteiger partial charge in [-0.05, 0) is 31.9 Å². The molecule has 0 radical (unpaired) electrons. The van der Waals surface area contributed by atoms with Gasteiger partial charge in [-0.1, -0.05) is 55.8 Å². The molecule has 0 aromatic heterocycles. The van der Waals surface area contributed by atoms with Gasteiger partial charge in [-0.25, -0.2) is 0 Å². The van der Waals surface area contributed by atoms with Crippen molar-refractivity contribution in [3.8, 4) is 0 Å². The molecule has 0 bridgehead atoms. The number of carbonyl (C=O) groups excluding carboxylic acids is 3. The van der Waals surface area contributed by atoms with Gasteiger partial charge >= 0.3 is 0 Å². The predicted molar refractivity (Wildman–Crippen MR) is 141 cm³/mol. The first-order chi connectivity index (χ1) is 17.4. The van der Waals surface area contributed by atoms with Crippen molar-refractivity contribution in [1.82, 2.24) is 9.80 Å². The van der Waals surface area contributed by atoms with Crippen molar-refractivity contribution in [2.24, 2.45) is 11.8 Å². The fourth-order valence-corrected chi connectivity index (χ4v) is 8.60. The molecule has 8 heteroatoms. The maximum Gasteiger partial charge on any atom is 0.247 e. The first-order valence-electron chi connectivity index (χ1n) is 13.0. The molecule has 3 amide bonds. The number of hydrogen-bond acceptors (Lipinski definition) is 5. The lowest BCUT2D eigenvalue weighted by Gasteiger charge is -2.36. The number of aliphatic hydroxyl groups is 1. The molecule has 4 aliphatic rings. The monoisotopic (exact) mass is 509 g/mol. The van der Waals surface area contributed by atoms with Crippen LogP contribution in [0.2, 0.25) is 0 Å². The SMILES string of the molecule is CCCCN1CC=C[C@]23S[C@@]4(C)C=CCN(c5ccccc5)C(=O)[C@H]4[C@H]2C(=O)N(CCCO)C3C1=O. The van der Waals surface area contributed by atoms with Crippen molar-refractivity contribution in [2.75, 3.05) is 37.7 Å². The van der Waals surface area contributed by atoms with Gasteiger partial charge in [-0.15, -0.1) is 11.8 Å². The lowest BCUT2D eigenvalue weighted by Crippen LogP contribution is -2.53. The molecule has 36 heavy (non-hydrogen) atoms. The highest BCUT2D eigenvalue weighted by atomic mass is 32.2. The van der Waals surface area contributed by atoms with E-state index >= 15 is 0 Å². The van der Waals surface area contributed by atoms with Crippen LogP contribution < -0.4 is 4.90 Å². The number of amides is 3. The Labute approximate surface area is 217 Å². The van der Waals surface area contributed by atoms with Crippen LogP contribution in [0.1, 0.15) is 33.1 Å². The molecule has 5 atom stereocenters. The van der Waals surface area contributed by atoms with Gasteiger partial charge in [0.15, 0.2) is 0 Å². The Balaban J connectivity index is 1.60. The molecule has 4 heterocycles. The van der Waals surface area contributed by atoms with Crippen LogP contribution >= 0.6 is 11.8 Å². The Hall–Kier alpha value is -2.58. The van der Waals surface area contributed by atoms with Gasteiger partial charge in [0, 0.05) is 43.2 Å². The molecule has 7 nitrogen and oxygen atoms in total. The zero-order valence-electron chi connectivity index (χ0n) is 21.0. The molecule has 1 N–H and O–H groups in total. The number of carbonyl (C=O) groups is 3. The van der Waals surface area contributed by atoms with E-state index in [0.717, 1.165) is 18.5 Å². The van der Waals surface area contributed by atoms with Crippen molar-refractivity contribution in [2.45, 2.75) is 48.6 Å². The predicted octanol–water partition coefficient (Wildman–Crippen LogP) is 2.86. The van der Waals surface area contributed by atoms with Crippen LogP contribution in [0.5, 0.6) is 0 Å². The van der Waals surface area contributed by atoms with Gasteiger partial charge in [-0.3, -0.25) is 14.4 Å². The van der Waals surface area contributed by atoms with Gasteiger partial charge in [-0.2, -0.15) is 0 Å². The fraction of sp³-hybridized carbons (Fsp3) is 0.536. The zero-order chi connectivity index (χ0) is 25.5. The lowest BCUT2D eigenvalue weighted by atomic mass is 9.74. The second kappa shape index (κ2) is 9.71. The highest BCUT2D eigenvalue weighted by Gasteiger charge is 2.73. The smallest absolute Gasteiger partial charge is 0.247 e. The quantitative estimate of drug-likeness (QED) is 0.572. The van der Waals surface area contributed by atoms with Crippen molar-refractivity contribution in [3.63, 3.8) is 0 Å². The summed E-state index contributed by atoms with van der Waals surface area (Å²) in [5, 5.41) is 9.55. The fourth-order valence-electron chi connectivity index (χ4n) is 6.44. The second-order valence-corrected chi connectivity index (χ2v) is 12.1. The van der Waals surface area contributed by atoms with Crippen LogP contribution in [0, 0.1) is 11.8 Å². The molecule has 4 aliphatic heterocycles. The summed E-state index contributed by atoms with van der Waals surface area (Å²) in [6, 6.07) is 8.89. The molecule has 2 fully saturated rings. The third kappa shape index (κ3) is 3.80. The summed E-state index contributed by atoms with van der Waals surface area (Å²) in [4.78, 5) is 47.7. The maximum atomic E-state index is 14.2. The number of likely N-dealkylation sites (tertiary alicyclic amines) is 1. The van der Waals surface area contributed by atoms with Gasteiger partial charge in [0.2, 0.25) is 17.7 Å². The number of benzene rings is 1. The van der Waals surface area contributed by atoms with Crippen LogP contribution in [-0.2, 0) is 14.4 Å². The number of nitrogens with zero attached hydrogens (tertiary/aromatic N) is 3. The number of anilines is 1. The summed E-state index contributed by atoms with van der Waals surface area (Å²) < 4.78 is -1.45. The van der Waals surface area contributed by atoms with E-state index in [0.29, 0.717) is 32.6 Å². The minimum atomic E-state index is -0.830. The minimum Gasteiger partial charge on any atom is -0.396 e. The van der Waals surface area contributed by atoms with E-state index in [9.17, 15) is 19.5 Å². The topological polar surface area (TPSA) is 81.2 Å². The third-order valence-electron chi connectivity index (χ3n) is 8.05. The van der Waals surface area contributed by atoms with E-state index < -0.39 is 27.4 Å². The number of aliphatic hydroxyl groups excluding tert-OH is 1. The van der Waals surface area contributed by atoms with Crippen LogP contribution in [-0.4, -0.2) is 80.9 Å². The van der Waals surface area contributed by atoms with E-state index in [2.05, 4.69) is 19.1 Å². The summed E-state index contributed by atoms with van der Waals surface area (Å²) >= 11 is 1.60. The highest BCUT2D eigenvalue weighted by molar-refractivity contribution is 8.02. The molecule has 0 aliphatic carbocycles. The summed E-state index contributed by atoms with van der Waals surface area (Å²) in [5.41, 5.74) is 0.805. The molecule has 1 aromatic carbocycles. The number of fused-ring (bicyclic) bond motifs is 2. The van der Waals surface area contributed by atoms with Crippen molar-refractivity contribution in [1.29, 1.82) is 0 Å². The second-order valence-electron chi connectivity index (χ2n) is 10.3. The molecule has 192 valence electrons. The Morgan fingerprint density at radius 3 is 2.42 bits per heavy atom. The van der Waals surface area contributed by atoms with Crippen LogP contribution in [0.3, 0.4) is 0 Å². The molecular formula is C28H35N3O4S. The number of para-hydroxylation sites is 1. The summed E-state index contributed by atoms with van der Waals surface area (Å²) in [6.45, 7) is 5.98. The average molecular weight is 510 g/mol. The Morgan fingerprint density at radius 2 is 1.69 bits per heavy atom. The van der Waals surface area contributed by atoms with E-state index in [-0.39, 0.29) is 24.3 Å². The van der Waals surface area contributed by atoms with Crippen molar-refractivity contribution < 1.29 is 19.5 Å². The average Bonchev–Trinajstić information content (AvgIpc) is 3.14. The molecule has 1 unspecified atom stereocenters. The first kappa shape index (κ1) is 25.1. The summed E-state index contributed by atoms with van der Waals surface area (Å²) in [7, 11) is 0. The normalized spacial score (nSPS) is 33.5. The van der Waals surface area contributed by atoms with E-state index in [1.807, 2.05) is 54.3 Å². The van der Waals surface area contributed by atoms with Crippen LogP contribution in [0.15, 0.2) is 54.6 Å². The van der Waals surface area contributed by atoms with Gasteiger partial charge in [0.25, 0.3) is 0 Å². The number of unbranched alkanes of at least 4 members (excludes halogenated alkanes) is 1. The first-order valence-corrected chi connectivity index (χ1v) is 13.8. The third-order valence-corrected chi connectivity index (χ3v) is 9.84. The van der Waals surface area contributed by atoms with Crippen LogP contribution in [0.4, 0.5) is 5.69 Å². The molecule has 2 saturated heterocycles. The summed E-state index contributed by atoms with van der Waals surface area (Å²) in [5.74, 6) is -1.53. The minimum absolute atomic E-state index is 0.0499. The number of rotatable bonds is 7. The van der Waals surface area contributed by atoms with E-state index in [1.54, 1.807) is 21.6 Å². The van der Waals surface area contributed by atoms with Crippen LogP contribution in [0.25, 0.3) is 0 Å². The van der Waals surface area contributed by atoms with Gasteiger partial charge < -0.3 is 19.8 Å². The highest BCUT2D eigenvalue weighted by Crippen LogP contribution is 2.65. The number of thioether (sulfide) groups is 1. The lowest BCUT2D eigenvalue weighted by molar-refractivity contribution is -0.143. The van der Waals surface area contributed by atoms with E-state index in [1.165, 1.54) is 0 Å². The van der Waals surface area contributed by atoms with Gasteiger partial charge in [0.05, 0.1) is 16.6 Å². The largest absolute Gasteiger partial charge is 0.396 e. The van der Waals surface area contributed by atoms with Crippen molar-refractivity contribution >= 4 is 35.2 Å². The molecular weight excluding hydrogens is 474 g/mol. The Bertz CT molecular complexity index is 1090. The van der Waals surface area contributed by atoms with E-state index in [4.69, 9.17) is 0 Å². The standard InChI is InChI=1S/C28H35N3O4S/c1-3-4-15-29-16-9-14-28-22(25(34)31(18-10-19-32)23(28)26(29)35)21-24(33)30(20-11-6-5-7-12-20)17-8-13-27(21,2)36-28/h5-9,11-14,21-23,32H,3-4,10,15-19H2,1-2H3/t21-,22+,23?,27+,28+/m1/s1.